The number of hydrogen-bond acceptors (Lipinski definition) is 3. The first kappa shape index (κ1) is 16.7. The Balaban J connectivity index is 1.78. The van der Waals surface area contributed by atoms with Crippen LogP contribution in [-0.2, 0) is 15.1 Å². The number of aliphatic hydroxyl groups is 1. The van der Waals surface area contributed by atoms with Gasteiger partial charge in [0.1, 0.15) is 0 Å². The Hall–Kier alpha value is -2.13. The van der Waals surface area contributed by atoms with Gasteiger partial charge in [0.25, 0.3) is 0 Å². The number of ether oxygens (including phenoxy) is 1. The zero-order chi connectivity index (χ0) is 17.0. The summed E-state index contributed by atoms with van der Waals surface area (Å²) in [6.45, 7) is 2.53. The molecule has 1 aliphatic carbocycles. The molecule has 3 rings (SSSR count). The normalized spacial score (nSPS) is 14.1. The lowest BCUT2D eigenvalue weighted by molar-refractivity contribution is -0.162. The second-order valence-electron chi connectivity index (χ2n) is 6.35. The minimum absolute atomic E-state index is 0.356. The summed E-state index contributed by atoms with van der Waals surface area (Å²) in [5.74, 6) is -0.574. The topological polar surface area (TPSA) is 46.5 Å². The molecule has 2 aromatic rings. The van der Waals surface area contributed by atoms with Crippen molar-refractivity contribution in [2.24, 2.45) is 0 Å². The van der Waals surface area contributed by atoms with E-state index in [4.69, 9.17) is 4.74 Å². The minimum Gasteiger partial charge on any atom is -0.463 e. The Labute approximate surface area is 143 Å². The highest BCUT2D eigenvalue weighted by Crippen LogP contribution is 2.47. The van der Waals surface area contributed by atoms with Crippen LogP contribution < -0.4 is 0 Å². The minimum atomic E-state index is -1.70. The summed E-state index contributed by atoms with van der Waals surface area (Å²) in [5.41, 5.74) is 1.33. The van der Waals surface area contributed by atoms with Crippen molar-refractivity contribution in [1.82, 2.24) is 0 Å². The molecule has 0 saturated carbocycles. The first-order chi connectivity index (χ1) is 11.7. The quantitative estimate of drug-likeness (QED) is 0.606. The number of esters is 1. The highest BCUT2D eigenvalue weighted by atomic mass is 16.5. The summed E-state index contributed by atoms with van der Waals surface area (Å²) in [7, 11) is 0. The maximum atomic E-state index is 12.7. The van der Waals surface area contributed by atoms with Crippen molar-refractivity contribution in [2.45, 2.75) is 44.6 Å². The molecule has 2 aromatic carbocycles. The van der Waals surface area contributed by atoms with Gasteiger partial charge >= 0.3 is 5.97 Å². The zero-order valence-corrected chi connectivity index (χ0v) is 14.1. The van der Waals surface area contributed by atoms with E-state index < -0.39 is 11.6 Å². The van der Waals surface area contributed by atoms with E-state index in [1.165, 1.54) is 12.8 Å². The van der Waals surface area contributed by atoms with Crippen LogP contribution in [0.1, 0.15) is 50.2 Å². The smallest absolute Gasteiger partial charge is 0.347 e. The summed E-state index contributed by atoms with van der Waals surface area (Å²) >= 11 is 0. The summed E-state index contributed by atoms with van der Waals surface area (Å²) in [5, 5.41) is 11.2. The highest BCUT2D eigenvalue weighted by molar-refractivity contribution is 5.96. The van der Waals surface area contributed by atoms with Crippen molar-refractivity contribution in [3.63, 3.8) is 0 Å². The Kier molecular flexibility index (Phi) is 5.00. The number of benzene rings is 2. The van der Waals surface area contributed by atoms with E-state index in [0.29, 0.717) is 17.7 Å². The second-order valence-corrected chi connectivity index (χ2v) is 6.35. The molecule has 0 atom stereocenters. The molecule has 3 nitrogen and oxygen atoms in total. The summed E-state index contributed by atoms with van der Waals surface area (Å²) < 4.78 is 5.43. The first-order valence-corrected chi connectivity index (χ1v) is 8.78. The third kappa shape index (κ3) is 2.84. The molecular formula is C21H24O3. The molecule has 3 heteroatoms. The van der Waals surface area contributed by atoms with Crippen LogP contribution in [-0.4, -0.2) is 17.7 Å². The van der Waals surface area contributed by atoms with Crippen LogP contribution in [0.15, 0.2) is 48.5 Å². The van der Waals surface area contributed by atoms with Crippen LogP contribution in [0.3, 0.4) is 0 Å². The lowest BCUT2D eigenvalue weighted by Crippen LogP contribution is -2.36. The van der Waals surface area contributed by atoms with Gasteiger partial charge in [0, 0.05) is 11.1 Å². The largest absolute Gasteiger partial charge is 0.463 e. The van der Waals surface area contributed by atoms with E-state index >= 15 is 0 Å². The number of rotatable bonds is 7. The molecule has 0 spiro atoms. The van der Waals surface area contributed by atoms with Gasteiger partial charge in [0.15, 0.2) is 0 Å². The van der Waals surface area contributed by atoms with Gasteiger partial charge in [0.2, 0.25) is 5.60 Å². The number of hydrogen-bond donors (Lipinski definition) is 1. The second kappa shape index (κ2) is 7.18. The fourth-order valence-corrected chi connectivity index (χ4v) is 3.41. The van der Waals surface area contributed by atoms with E-state index in [-0.39, 0.29) is 0 Å². The fourth-order valence-electron chi connectivity index (χ4n) is 3.41. The van der Waals surface area contributed by atoms with Crippen molar-refractivity contribution in [3.8, 4) is 11.1 Å². The van der Waals surface area contributed by atoms with Gasteiger partial charge in [-0.1, -0.05) is 81.1 Å². The van der Waals surface area contributed by atoms with E-state index in [1.807, 2.05) is 36.4 Å². The molecule has 1 N–H and O–H groups in total. The van der Waals surface area contributed by atoms with Crippen molar-refractivity contribution in [3.05, 3.63) is 59.7 Å². The average Bonchev–Trinajstić information content (AvgIpc) is 2.89. The molecule has 0 saturated heterocycles. The SMILES string of the molecule is CCCCCCCOC(=O)C1(O)c2ccccc2-c2ccccc21. The molecule has 0 amide bonds. The lowest BCUT2D eigenvalue weighted by atomic mass is 9.91. The van der Waals surface area contributed by atoms with Crippen LogP contribution in [0.2, 0.25) is 0 Å². The molecule has 0 unspecified atom stereocenters. The van der Waals surface area contributed by atoms with Crippen molar-refractivity contribution < 1.29 is 14.6 Å². The maximum Gasteiger partial charge on any atom is 0.347 e. The lowest BCUT2D eigenvalue weighted by Gasteiger charge is -2.23. The molecule has 24 heavy (non-hydrogen) atoms. The van der Waals surface area contributed by atoms with Gasteiger partial charge in [-0.15, -0.1) is 0 Å². The predicted octanol–water partition coefficient (Wildman–Crippen LogP) is 4.42. The van der Waals surface area contributed by atoms with Crippen LogP contribution >= 0.6 is 0 Å². The third-order valence-electron chi connectivity index (χ3n) is 4.70. The molecule has 0 radical (unpaired) electrons. The Morgan fingerprint density at radius 1 is 0.917 bits per heavy atom. The van der Waals surface area contributed by atoms with E-state index in [0.717, 1.165) is 30.4 Å². The van der Waals surface area contributed by atoms with Crippen LogP contribution in [0.25, 0.3) is 11.1 Å². The molecule has 0 aliphatic heterocycles. The predicted molar refractivity (Wildman–Crippen MR) is 94.6 cm³/mol. The summed E-state index contributed by atoms with van der Waals surface area (Å²) in [6, 6.07) is 15.0. The van der Waals surface area contributed by atoms with Crippen molar-refractivity contribution >= 4 is 5.97 Å². The van der Waals surface area contributed by atoms with Crippen LogP contribution in [0.5, 0.6) is 0 Å². The highest BCUT2D eigenvalue weighted by Gasteiger charge is 2.48. The third-order valence-corrected chi connectivity index (χ3v) is 4.70. The first-order valence-electron chi connectivity index (χ1n) is 8.78. The fraction of sp³-hybridized carbons (Fsp3) is 0.381. The van der Waals surface area contributed by atoms with E-state index in [1.54, 1.807) is 12.1 Å². The van der Waals surface area contributed by atoms with Crippen molar-refractivity contribution in [1.29, 1.82) is 0 Å². The molecule has 0 heterocycles. The number of carbonyl (C=O) groups excluding carboxylic acids is 1. The monoisotopic (exact) mass is 324 g/mol. The molecule has 0 aromatic heterocycles. The van der Waals surface area contributed by atoms with Crippen LogP contribution in [0, 0.1) is 0 Å². The van der Waals surface area contributed by atoms with E-state index in [2.05, 4.69) is 6.92 Å². The number of unbranched alkanes of at least 4 members (excludes halogenated alkanes) is 4. The average molecular weight is 324 g/mol. The summed E-state index contributed by atoms with van der Waals surface area (Å²) in [4.78, 5) is 12.7. The van der Waals surface area contributed by atoms with Gasteiger partial charge in [0.05, 0.1) is 6.61 Å². The number of carbonyl (C=O) groups is 1. The van der Waals surface area contributed by atoms with Crippen LogP contribution in [0.4, 0.5) is 0 Å². The molecule has 0 bridgehead atoms. The molecule has 126 valence electrons. The van der Waals surface area contributed by atoms with E-state index in [9.17, 15) is 9.90 Å². The van der Waals surface area contributed by atoms with Gasteiger partial charge in [-0.3, -0.25) is 0 Å². The molecule has 1 aliphatic rings. The van der Waals surface area contributed by atoms with Gasteiger partial charge < -0.3 is 9.84 Å². The van der Waals surface area contributed by atoms with Crippen molar-refractivity contribution in [2.75, 3.05) is 6.61 Å². The molecular weight excluding hydrogens is 300 g/mol. The standard InChI is InChI=1S/C21H24O3/c1-2-3-4-5-10-15-24-20(22)21(23)18-13-8-6-11-16(18)17-12-7-9-14-19(17)21/h6-9,11-14,23H,2-5,10,15H2,1H3. The Bertz CT molecular complexity index is 675. The Morgan fingerprint density at radius 2 is 1.46 bits per heavy atom. The Morgan fingerprint density at radius 3 is 2.04 bits per heavy atom. The zero-order valence-electron chi connectivity index (χ0n) is 14.1. The van der Waals surface area contributed by atoms with Gasteiger partial charge in [-0.25, -0.2) is 4.79 Å². The maximum absolute atomic E-state index is 12.7. The van der Waals surface area contributed by atoms with Gasteiger partial charge in [-0.05, 0) is 17.5 Å². The molecule has 0 fully saturated rings. The number of fused-ring (bicyclic) bond motifs is 3. The summed E-state index contributed by atoms with van der Waals surface area (Å²) in [6.07, 6.45) is 5.44. The van der Waals surface area contributed by atoms with Gasteiger partial charge in [-0.2, -0.15) is 0 Å².